The lowest BCUT2D eigenvalue weighted by molar-refractivity contribution is 0.0709. The van der Waals surface area contributed by atoms with E-state index in [1.165, 1.54) is 0 Å². The van der Waals surface area contributed by atoms with Crippen LogP contribution >= 0.6 is 12.6 Å². The van der Waals surface area contributed by atoms with Gasteiger partial charge in [-0.3, -0.25) is 0 Å². The highest BCUT2D eigenvalue weighted by Gasteiger charge is 2.39. The number of thiol groups is 1. The van der Waals surface area contributed by atoms with Crippen LogP contribution in [0.2, 0.25) is 6.04 Å². The first kappa shape index (κ1) is 21.4. The minimum atomic E-state index is -3.20. The maximum atomic E-state index is 11.7. The zero-order valence-electron chi connectivity index (χ0n) is 13.3. The Hall–Kier alpha value is 0.357. The van der Waals surface area contributed by atoms with Crippen LogP contribution in [0.5, 0.6) is 0 Å². The molecule has 0 aromatic carbocycles. The summed E-state index contributed by atoms with van der Waals surface area (Å²) < 4.78 is 43.1. The molecule has 6 nitrogen and oxygen atoms in total. The summed E-state index contributed by atoms with van der Waals surface area (Å²) in [5.41, 5.74) is 0. The molecule has 0 radical (unpaired) electrons. The Bertz CT molecular complexity index is 337. The maximum absolute atomic E-state index is 11.7. The standard InChI is InChI=1S/C12H29NO5S2Si/c1-4-16-21(17-5-2,18-6-3)12-7-9-13-20(14,15)11-8-10-19/h13,19H,4-12H2,1-3H3. The summed E-state index contributed by atoms with van der Waals surface area (Å²) in [4.78, 5) is 0. The number of nitrogens with one attached hydrogen (secondary N) is 1. The Morgan fingerprint density at radius 2 is 1.52 bits per heavy atom. The van der Waals surface area contributed by atoms with Crippen molar-refractivity contribution in [2.45, 2.75) is 39.7 Å². The van der Waals surface area contributed by atoms with Crippen molar-refractivity contribution in [3.05, 3.63) is 0 Å². The van der Waals surface area contributed by atoms with E-state index in [2.05, 4.69) is 17.4 Å². The van der Waals surface area contributed by atoms with E-state index >= 15 is 0 Å². The van der Waals surface area contributed by atoms with Gasteiger partial charge in [-0.1, -0.05) is 0 Å². The highest BCUT2D eigenvalue weighted by atomic mass is 32.2. The van der Waals surface area contributed by atoms with Crippen molar-refractivity contribution in [1.82, 2.24) is 4.72 Å². The van der Waals surface area contributed by atoms with E-state index in [-0.39, 0.29) is 5.75 Å². The molecule has 0 aromatic rings. The van der Waals surface area contributed by atoms with Gasteiger partial charge in [0.1, 0.15) is 0 Å². The number of hydrogen-bond donors (Lipinski definition) is 2. The highest BCUT2D eigenvalue weighted by molar-refractivity contribution is 7.89. The topological polar surface area (TPSA) is 73.9 Å². The van der Waals surface area contributed by atoms with Crippen LogP contribution in [-0.4, -0.2) is 55.1 Å². The molecule has 0 saturated heterocycles. The quantitative estimate of drug-likeness (QED) is 0.280. The molecule has 1 N–H and O–H groups in total. The molecule has 0 rings (SSSR count). The van der Waals surface area contributed by atoms with Gasteiger partial charge in [-0.2, -0.15) is 12.6 Å². The summed E-state index contributed by atoms with van der Waals surface area (Å²) in [6.45, 7) is 7.66. The summed E-state index contributed by atoms with van der Waals surface area (Å²) in [5.74, 6) is 0.678. The van der Waals surface area contributed by atoms with E-state index in [0.717, 1.165) is 0 Å². The van der Waals surface area contributed by atoms with E-state index in [4.69, 9.17) is 13.3 Å². The molecule has 0 spiro atoms. The summed E-state index contributed by atoms with van der Waals surface area (Å²) in [6.07, 6.45) is 1.18. The van der Waals surface area contributed by atoms with Gasteiger partial charge >= 0.3 is 8.80 Å². The van der Waals surface area contributed by atoms with Crippen LogP contribution in [0.15, 0.2) is 0 Å². The largest absolute Gasteiger partial charge is 0.500 e. The lowest BCUT2D eigenvalue weighted by Gasteiger charge is -2.28. The smallest absolute Gasteiger partial charge is 0.374 e. The van der Waals surface area contributed by atoms with Crippen LogP contribution in [0.25, 0.3) is 0 Å². The SMILES string of the molecule is CCO[Si](CCCNS(=O)(=O)CCCS)(OCC)OCC. The Morgan fingerprint density at radius 1 is 1.00 bits per heavy atom. The Kier molecular flexibility index (Phi) is 12.1. The fraction of sp³-hybridized carbons (Fsp3) is 1.00. The predicted octanol–water partition coefficient (Wildman–Crippen LogP) is 1.66. The molecule has 0 aliphatic heterocycles. The van der Waals surface area contributed by atoms with Crippen molar-refractivity contribution in [2.75, 3.05) is 37.9 Å². The van der Waals surface area contributed by atoms with Crippen LogP contribution in [0, 0.1) is 0 Å². The van der Waals surface area contributed by atoms with Crippen molar-refractivity contribution >= 4 is 31.5 Å². The van der Waals surface area contributed by atoms with Gasteiger partial charge in [-0.05, 0) is 39.4 Å². The molecular formula is C12H29NO5S2Si. The van der Waals surface area contributed by atoms with Crippen molar-refractivity contribution < 1.29 is 21.7 Å². The normalized spacial score (nSPS) is 12.8. The zero-order chi connectivity index (χ0) is 16.2. The highest BCUT2D eigenvalue weighted by Crippen LogP contribution is 2.17. The van der Waals surface area contributed by atoms with E-state index in [1.54, 1.807) is 0 Å². The minimum Gasteiger partial charge on any atom is -0.374 e. The van der Waals surface area contributed by atoms with Crippen LogP contribution < -0.4 is 4.72 Å². The first-order valence-electron chi connectivity index (χ1n) is 7.45. The van der Waals surface area contributed by atoms with E-state index < -0.39 is 18.8 Å². The van der Waals surface area contributed by atoms with Gasteiger partial charge in [0.05, 0.1) is 5.75 Å². The molecule has 0 unspecified atom stereocenters. The molecule has 0 bridgehead atoms. The van der Waals surface area contributed by atoms with Crippen LogP contribution in [0.3, 0.4) is 0 Å². The van der Waals surface area contributed by atoms with Crippen molar-refractivity contribution in [2.24, 2.45) is 0 Å². The maximum Gasteiger partial charge on any atom is 0.500 e. The van der Waals surface area contributed by atoms with Gasteiger partial charge in [0.25, 0.3) is 0 Å². The monoisotopic (exact) mass is 359 g/mol. The molecule has 9 heteroatoms. The number of hydrogen-bond acceptors (Lipinski definition) is 6. The lowest BCUT2D eigenvalue weighted by atomic mass is 10.5. The van der Waals surface area contributed by atoms with Gasteiger partial charge in [-0.25, -0.2) is 13.1 Å². The molecule has 0 aromatic heterocycles. The molecule has 128 valence electrons. The molecule has 0 atom stereocenters. The van der Waals surface area contributed by atoms with Gasteiger partial charge in [0, 0.05) is 32.4 Å². The van der Waals surface area contributed by atoms with Crippen LogP contribution in [0.4, 0.5) is 0 Å². The lowest BCUT2D eigenvalue weighted by Crippen LogP contribution is -2.46. The van der Waals surface area contributed by atoms with E-state index in [1.807, 2.05) is 20.8 Å². The molecule has 0 heterocycles. The average molecular weight is 360 g/mol. The molecule has 0 fully saturated rings. The van der Waals surface area contributed by atoms with E-state index in [0.29, 0.717) is 51.0 Å². The zero-order valence-corrected chi connectivity index (χ0v) is 16.0. The Morgan fingerprint density at radius 3 is 1.95 bits per heavy atom. The third kappa shape index (κ3) is 9.87. The second kappa shape index (κ2) is 11.9. The molecule has 0 saturated carbocycles. The van der Waals surface area contributed by atoms with Crippen molar-refractivity contribution in [3.8, 4) is 0 Å². The van der Waals surface area contributed by atoms with Gasteiger partial charge < -0.3 is 13.3 Å². The third-order valence-electron chi connectivity index (χ3n) is 2.65. The van der Waals surface area contributed by atoms with Gasteiger partial charge in [0.2, 0.25) is 10.0 Å². The Labute approximate surface area is 135 Å². The summed E-state index contributed by atoms with van der Waals surface area (Å²) >= 11 is 4.01. The van der Waals surface area contributed by atoms with Gasteiger partial charge in [-0.15, -0.1) is 0 Å². The summed E-state index contributed by atoms with van der Waals surface area (Å²) in [5, 5.41) is 0. The molecule has 0 aliphatic rings. The minimum absolute atomic E-state index is 0.113. The third-order valence-corrected chi connectivity index (χ3v) is 7.58. The summed E-state index contributed by atoms with van der Waals surface area (Å²) in [6, 6.07) is 0.609. The Balaban J connectivity index is 4.29. The second-order valence-electron chi connectivity index (χ2n) is 4.38. The number of sulfonamides is 1. The fourth-order valence-electron chi connectivity index (χ4n) is 1.86. The molecule has 21 heavy (non-hydrogen) atoms. The average Bonchev–Trinajstić information content (AvgIpc) is 2.42. The predicted molar refractivity (Wildman–Crippen MR) is 90.3 cm³/mol. The van der Waals surface area contributed by atoms with Gasteiger partial charge in [0.15, 0.2) is 0 Å². The number of rotatable bonds is 14. The summed E-state index contributed by atoms with van der Waals surface area (Å²) in [7, 11) is -5.87. The van der Waals surface area contributed by atoms with Crippen LogP contribution in [-0.2, 0) is 23.3 Å². The fourth-order valence-corrected chi connectivity index (χ4v) is 5.97. The van der Waals surface area contributed by atoms with E-state index in [9.17, 15) is 8.42 Å². The molecular weight excluding hydrogens is 330 g/mol. The molecule has 0 aliphatic carbocycles. The van der Waals surface area contributed by atoms with Crippen molar-refractivity contribution in [3.63, 3.8) is 0 Å². The second-order valence-corrected chi connectivity index (χ2v) is 9.48. The first-order valence-corrected chi connectivity index (χ1v) is 11.7. The van der Waals surface area contributed by atoms with Crippen molar-refractivity contribution in [1.29, 1.82) is 0 Å². The van der Waals surface area contributed by atoms with Crippen LogP contribution in [0.1, 0.15) is 33.6 Å². The first-order chi connectivity index (χ1) is 9.95. The molecule has 0 amide bonds.